The van der Waals surface area contributed by atoms with Crippen molar-refractivity contribution in [2.24, 2.45) is 23.2 Å². The first-order chi connectivity index (χ1) is 18.3. The topological polar surface area (TPSA) is 105 Å². The summed E-state index contributed by atoms with van der Waals surface area (Å²) in [4.78, 5) is 50.5. The molecule has 2 aromatic carbocycles. The molecule has 0 amide bonds. The lowest BCUT2D eigenvalue weighted by atomic mass is 9.14. The van der Waals surface area contributed by atoms with E-state index in [1.165, 1.54) is 37.8 Å². The molecular formula is C30H28O8. The van der Waals surface area contributed by atoms with Crippen LogP contribution in [0.4, 0.5) is 0 Å². The normalized spacial score (nSPS) is 34.9. The van der Waals surface area contributed by atoms with Crippen LogP contribution < -0.4 is 0 Å². The molecule has 0 radical (unpaired) electrons. The van der Waals surface area contributed by atoms with Crippen LogP contribution in [0.5, 0.6) is 0 Å². The summed E-state index contributed by atoms with van der Waals surface area (Å²) in [5.41, 5.74) is 4.55. The fourth-order valence-electron chi connectivity index (χ4n) is 8.92. The maximum Gasteiger partial charge on any atom is 0.346 e. The van der Waals surface area contributed by atoms with E-state index in [1.54, 1.807) is 13.0 Å². The summed E-state index contributed by atoms with van der Waals surface area (Å²) in [5, 5.41) is 0. The van der Waals surface area contributed by atoms with Gasteiger partial charge in [-0.25, -0.2) is 14.4 Å². The van der Waals surface area contributed by atoms with Gasteiger partial charge in [-0.1, -0.05) is 30.3 Å². The highest BCUT2D eigenvalue weighted by Gasteiger charge is 2.90. The summed E-state index contributed by atoms with van der Waals surface area (Å²) in [7, 11) is 2.54. The second-order valence-electron chi connectivity index (χ2n) is 11.2. The van der Waals surface area contributed by atoms with E-state index in [4.69, 9.17) is 14.2 Å². The van der Waals surface area contributed by atoms with Crippen molar-refractivity contribution >= 4 is 23.9 Å². The molecule has 0 heterocycles. The monoisotopic (exact) mass is 516 g/mol. The highest BCUT2D eigenvalue weighted by molar-refractivity contribution is 5.93. The van der Waals surface area contributed by atoms with Crippen LogP contribution in [0.2, 0.25) is 0 Å². The largest absolute Gasteiger partial charge is 0.466 e. The molecule has 8 nitrogen and oxygen atoms in total. The van der Waals surface area contributed by atoms with E-state index < -0.39 is 35.5 Å². The number of hydrogen-bond acceptors (Lipinski definition) is 8. The Balaban J connectivity index is 1.28. The molecular weight excluding hydrogens is 488 g/mol. The first kappa shape index (κ1) is 23.4. The van der Waals surface area contributed by atoms with Gasteiger partial charge in [0.05, 0.1) is 25.2 Å². The van der Waals surface area contributed by atoms with E-state index in [1.807, 2.05) is 24.3 Å². The first-order valence-electron chi connectivity index (χ1n) is 13.1. The van der Waals surface area contributed by atoms with Crippen LogP contribution in [-0.2, 0) is 33.3 Å². The molecule has 0 aromatic heterocycles. The van der Waals surface area contributed by atoms with Crippen LogP contribution in [0, 0.1) is 23.2 Å². The SMILES string of the molecule is COC(=O)[C@@H](C)OC(=O)c1ccc2c(c1)C1C3c4ccccc4C4C2C2C1C3C42C(=O)O[C@H](C)C(=O)OC. The van der Waals surface area contributed by atoms with E-state index in [2.05, 4.69) is 16.9 Å². The zero-order valence-corrected chi connectivity index (χ0v) is 21.5. The molecule has 196 valence electrons. The Kier molecular flexibility index (Phi) is 4.74. The molecule has 5 aliphatic rings. The Morgan fingerprint density at radius 1 is 0.737 bits per heavy atom. The lowest BCUT2D eigenvalue weighted by Gasteiger charge is -2.87. The number of esters is 4. The quantitative estimate of drug-likeness (QED) is 0.425. The summed E-state index contributed by atoms with van der Waals surface area (Å²) < 4.78 is 20.6. The van der Waals surface area contributed by atoms with Crippen molar-refractivity contribution in [2.45, 2.75) is 49.7 Å². The number of carbonyl (C=O) groups excluding carboxylic acids is 4. The second kappa shape index (κ2) is 7.68. The van der Waals surface area contributed by atoms with Crippen LogP contribution in [-0.4, -0.2) is 50.3 Å². The second-order valence-corrected chi connectivity index (χ2v) is 11.2. The molecule has 38 heavy (non-hydrogen) atoms. The van der Waals surface area contributed by atoms with Crippen molar-refractivity contribution in [3.8, 4) is 0 Å². The van der Waals surface area contributed by atoms with Crippen molar-refractivity contribution in [1.82, 2.24) is 0 Å². The molecule has 3 saturated carbocycles. The smallest absolute Gasteiger partial charge is 0.346 e. The van der Waals surface area contributed by atoms with Gasteiger partial charge in [0, 0.05) is 5.92 Å². The Morgan fingerprint density at radius 2 is 1.34 bits per heavy atom. The summed E-state index contributed by atoms with van der Waals surface area (Å²) in [5.74, 6) is -1.01. The average Bonchev–Trinajstić information content (AvgIpc) is 2.88. The molecule has 8 unspecified atom stereocenters. The zero-order valence-electron chi connectivity index (χ0n) is 21.5. The van der Waals surface area contributed by atoms with Gasteiger partial charge in [0.15, 0.2) is 12.2 Å². The van der Waals surface area contributed by atoms with E-state index in [0.717, 1.165) is 5.56 Å². The molecule has 0 spiro atoms. The van der Waals surface area contributed by atoms with Gasteiger partial charge in [-0.05, 0) is 83.7 Å². The van der Waals surface area contributed by atoms with Crippen molar-refractivity contribution in [3.63, 3.8) is 0 Å². The summed E-state index contributed by atoms with van der Waals surface area (Å²) >= 11 is 0. The van der Waals surface area contributed by atoms with E-state index in [9.17, 15) is 19.2 Å². The fraction of sp³-hybridized carbons (Fsp3) is 0.467. The third-order valence-electron chi connectivity index (χ3n) is 10.1. The number of ether oxygens (including phenoxy) is 4. The Labute approximate surface area is 219 Å². The van der Waals surface area contributed by atoms with Crippen LogP contribution in [0.1, 0.15) is 70.1 Å². The molecule has 2 aromatic rings. The van der Waals surface area contributed by atoms with Crippen molar-refractivity contribution in [2.75, 3.05) is 14.2 Å². The van der Waals surface area contributed by atoms with Crippen molar-refractivity contribution in [1.29, 1.82) is 0 Å². The fourth-order valence-corrected chi connectivity index (χ4v) is 8.92. The number of rotatable bonds is 6. The number of carbonyl (C=O) groups is 4. The van der Waals surface area contributed by atoms with Gasteiger partial charge in [0.1, 0.15) is 0 Å². The van der Waals surface area contributed by atoms with Crippen molar-refractivity contribution < 1.29 is 38.1 Å². The number of hydrogen-bond donors (Lipinski definition) is 0. The van der Waals surface area contributed by atoms with Gasteiger partial charge >= 0.3 is 23.9 Å². The molecule has 7 rings (SSSR count). The Bertz CT molecular complexity index is 1430. The van der Waals surface area contributed by atoms with Gasteiger partial charge < -0.3 is 18.9 Å². The molecule has 5 aliphatic carbocycles. The third kappa shape index (κ3) is 2.51. The lowest BCUT2D eigenvalue weighted by molar-refractivity contribution is -0.315. The van der Waals surface area contributed by atoms with Crippen molar-refractivity contribution in [3.05, 3.63) is 70.3 Å². The minimum Gasteiger partial charge on any atom is -0.466 e. The van der Waals surface area contributed by atoms with Gasteiger partial charge in [-0.15, -0.1) is 0 Å². The summed E-state index contributed by atoms with van der Waals surface area (Å²) in [6.45, 7) is 3.04. The molecule has 0 N–H and O–H groups in total. The number of methoxy groups -OCH3 is 2. The Morgan fingerprint density at radius 3 is 2.03 bits per heavy atom. The maximum atomic E-state index is 13.8. The average molecular weight is 517 g/mol. The lowest BCUT2D eigenvalue weighted by Crippen LogP contribution is -2.84. The van der Waals surface area contributed by atoms with Crippen LogP contribution in [0.25, 0.3) is 0 Å². The van der Waals surface area contributed by atoms with Crippen LogP contribution in [0.3, 0.4) is 0 Å². The molecule has 10 atom stereocenters. The molecule has 0 bridgehead atoms. The first-order valence-corrected chi connectivity index (χ1v) is 13.1. The minimum absolute atomic E-state index is 0.0457. The predicted octanol–water partition coefficient (Wildman–Crippen LogP) is 3.45. The van der Waals surface area contributed by atoms with E-state index in [0.29, 0.717) is 11.5 Å². The molecule has 0 aliphatic heterocycles. The molecule has 8 heteroatoms. The van der Waals surface area contributed by atoms with Crippen LogP contribution >= 0.6 is 0 Å². The predicted molar refractivity (Wildman–Crippen MR) is 131 cm³/mol. The van der Waals surface area contributed by atoms with Crippen LogP contribution in [0.15, 0.2) is 42.5 Å². The Hall–Kier alpha value is -3.68. The third-order valence-corrected chi connectivity index (χ3v) is 10.1. The molecule has 0 saturated heterocycles. The number of benzene rings is 2. The molecule has 3 fully saturated rings. The number of fused-ring (bicyclic) bond motifs is 8. The standard InChI is InChI=1S/C30H28O8/c1-12(26(31)35-3)37-28(33)14-9-10-16-18(11-14)19-20-15-7-5-6-8-17(15)23-21(16)25-22(19)24(20)30(23,25)29(34)38-13(2)27(32)36-4/h5-13,19-25H,1-4H3/t12-,13-,19?,20?,21?,22?,23?,24?,25?,30?/m1/s1. The summed E-state index contributed by atoms with van der Waals surface area (Å²) in [6.07, 6.45) is -1.96. The zero-order chi connectivity index (χ0) is 26.7. The van der Waals surface area contributed by atoms with Gasteiger partial charge in [-0.3, -0.25) is 4.79 Å². The van der Waals surface area contributed by atoms with E-state index >= 15 is 0 Å². The minimum atomic E-state index is -0.999. The van der Waals surface area contributed by atoms with Gasteiger partial charge in [0.2, 0.25) is 0 Å². The highest BCUT2D eigenvalue weighted by atomic mass is 16.6. The highest BCUT2D eigenvalue weighted by Crippen LogP contribution is 2.94. The maximum absolute atomic E-state index is 13.8. The van der Waals surface area contributed by atoms with E-state index in [-0.39, 0.29) is 41.5 Å². The van der Waals surface area contributed by atoms with Gasteiger partial charge in [-0.2, -0.15) is 0 Å². The summed E-state index contributed by atoms with van der Waals surface area (Å²) in [6, 6.07) is 14.0. The van der Waals surface area contributed by atoms with Gasteiger partial charge in [0.25, 0.3) is 0 Å².